The Kier molecular flexibility index (Phi) is 11.7. The lowest BCUT2D eigenvalue weighted by Crippen LogP contribution is -2.58. The number of amides is 3. The van der Waals surface area contributed by atoms with Crippen LogP contribution in [0.4, 0.5) is 0 Å². The van der Waals surface area contributed by atoms with Gasteiger partial charge in [-0.05, 0) is 55.3 Å². The van der Waals surface area contributed by atoms with Crippen LogP contribution in [0.2, 0.25) is 0 Å². The number of hydrogen-bond donors (Lipinski definition) is 3. The molecule has 0 radical (unpaired) electrons. The summed E-state index contributed by atoms with van der Waals surface area (Å²) in [7, 11) is 1.71. The third-order valence-corrected chi connectivity index (χ3v) is 7.57. The van der Waals surface area contributed by atoms with Gasteiger partial charge in [0.2, 0.25) is 17.7 Å². The fourth-order valence-electron chi connectivity index (χ4n) is 5.21. The molecule has 1 aliphatic rings. The quantitative estimate of drug-likeness (QED) is 0.357. The van der Waals surface area contributed by atoms with E-state index in [9.17, 15) is 14.4 Å². The molecule has 2 aromatic carbocycles. The summed E-state index contributed by atoms with van der Waals surface area (Å²) in [6.45, 7) is 10.7. The second-order valence-corrected chi connectivity index (χ2v) is 11.8. The molecule has 0 spiro atoms. The molecule has 218 valence electrons. The van der Waals surface area contributed by atoms with Crippen LogP contribution in [-0.4, -0.2) is 79.4 Å². The van der Waals surface area contributed by atoms with Crippen LogP contribution in [0.3, 0.4) is 0 Å². The predicted octanol–water partition coefficient (Wildman–Crippen LogP) is 2.90. The standard InChI is InChI=1S/C32H47N5O3/c1-24-12-9-10-15-26(24)20-34-22-29(39)36(19-17-25-13-7-6-8-14-25)23-27-16-11-18-37(27)31(40)30(32(2,3)4)35-28(38)21-33-5/h6-10,12-15,27,30,33-34H,11,16-23H2,1-5H3,(H,35,38). The molecule has 2 atom stereocenters. The summed E-state index contributed by atoms with van der Waals surface area (Å²) in [5.41, 5.74) is 3.09. The highest BCUT2D eigenvalue weighted by atomic mass is 16.2. The number of likely N-dealkylation sites (tertiary alicyclic amines) is 1. The first-order valence-corrected chi connectivity index (χ1v) is 14.4. The second kappa shape index (κ2) is 15.0. The van der Waals surface area contributed by atoms with Crippen LogP contribution < -0.4 is 16.0 Å². The highest BCUT2D eigenvalue weighted by Crippen LogP contribution is 2.26. The van der Waals surface area contributed by atoms with Gasteiger partial charge in [0.15, 0.2) is 0 Å². The van der Waals surface area contributed by atoms with Gasteiger partial charge >= 0.3 is 0 Å². The number of rotatable bonds is 13. The van der Waals surface area contributed by atoms with E-state index in [1.54, 1.807) is 7.05 Å². The van der Waals surface area contributed by atoms with E-state index >= 15 is 0 Å². The Morgan fingerprint density at radius 3 is 2.40 bits per heavy atom. The molecule has 0 saturated carbocycles. The number of aryl methyl sites for hydroxylation is 1. The van der Waals surface area contributed by atoms with Crippen LogP contribution in [-0.2, 0) is 27.3 Å². The summed E-state index contributed by atoms with van der Waals surface area (Å²) in [6, 6.07) is 17.6. The van der Waals surface area contributed by atoms with Crippen molar-refractivity contribution >= 4 is 17.7 Å². The minimum Gasteiger partial charge on any atom is -0.343 e. The third kappa shape index (κ3) is 9.17. The van der Waals surface area contributed by atoms with Crippen molar-refractivity contribution in [1.82, 2.24) is 25.8 Å². The molecule has 1 heterocycles. The summed E-state index contributed by atoms with van der Waals surface area (Å²) in [4.78, 5) is 43.5. The van der Waals surface area contributed by atoms with Crippen molar-refractivity contribution in [2.24, 2.45) is 5.41 Å². The van der Waals surface area contributed by atoms with Gasteiger partial charge in [-0.1, -0.05) is 75.4 Å². The van der Waals surface area contributed by atoms with E-state index in [0.717, 1.165) is 19.3 Å². The van der Waals surface area contributed by atoms with Gasteiger partial charge in [-0.25, -0.2) is 0 Å². The first-order valence-electron chi connectivity index (χ1n) is 14.4. The zero-order chi connectivity index (χ0) is 29.1. The van der Waals surface area contributed by atoms with Crippen molar-refractivity contribution in [2.45, 2.75) is 65.6 Å². The molecule has 3 rings (SSSR count). The first-order chi connectivity index (χ1) is 19.1. The van der Waals surface area contributed by atoms with Crippen LogP contribution in [0.1, 0.15) is 50.3 Å². The summed E-state index contributed by atoms with van der Waals surface area (Å²) in [5, 5.41) is 9.12. The van der Waals surface area contributed by atoms with E-state index in [2.05, 4.69) is 47.1 Å². The van der Waals surface area contributed by atoms with Crippen LogP contribution in [0, 0.1) is 12.3 Å². The van der Waals surface area contributed by atoms with E-state index in [4.69, 9.17) is 0 Å². The largest absolute Gasteiger partial charge is 0.343 e. The molecule has 40 heavy (non-hydrogen) atoms. The Bertz CT molecular complexity index is 1120. The Balaban J connectivity index is 1.71. The Hall–Kier alpha value is -3.23. The predicted molar refractivity (Wildman–Crippen MR) is 160 cm³/mol. The maximum Gasteiger partial charge on any atom is 0.246 e. The van der Waals surface area contributed by atoms with Crippen molar-refractivity contribution in [3.63, 3.8) is 0 Å². The van der Waals surface area contributed by atoms with E-state index in [-0.39, 0.29) is 36.9 Å². The minimum absolute atomic E-state index is 0.0264. The van der Waals surface area contributed by atoms with Crippen molar-refractivity contribution in [3.8, 4) is 0 Å². The number of benzene rings is 2. The summed E-state index contributed by atoms with van der Waals surface area (Å²) >= 11 is 0. The number of carbonyl (C=O) groups excluding carboxylic acids is 3. The number of likely N-dealkylation sites (N-methyl/N-ethyl adjacent to an activating group) is 1. The molecule has 0 aromatic heterocycles. The first kappa shape index (κ1) is 31.3. The van der Waals surface area contributed by atoms with E-state index in [1.165, 1.54) is 16.7 Å². The van der Waals surface area contributed by atoms with Gasteiger partial charge in [0.25, 0.3) is 0 Å². The van der Waals surface area contributed by atoms with Crippen molar-refractivity contribution in [3.05, 3.63) is 71.3 Å². The van der Waals surface area contributed by atoms with E-state index < -0.39 is 11.5 Å². The van der Waals surface area contributed by atoms with Crippen LogP contribution in [0.25, 0.3) is 0 Å². The topological polar surface area (TPSA) is 93.8 Å². The number of carbonyl (C=O) groups is 3. The summed E-state index contributed by atoms with van der Waals surface area (Å²) < 4.78 is 0. The van der Waals surface area contributed by atoms with Gasteiger partial charge in [0.1, 0.15) is 6.04 Å². The monoisotopic (exact) mass is 549 g/mol. The van der Waals surface area contributed by atoms with Crippen molar-refractivity contribution in [1.29, 1.82) is 0 Å². The van der Waals surface area contributed by atoms with Crippen molar-refractivity contribution in [2.75, 3.05) is 39.8 Å². The third-order valence-electron chi connectivity index (χ3n) is 7.57. The highest BCUT2D eigenvalue weighted by molar-refractivity contribution is 5.89. The van der Waals surface area contributed by atoms with Crippen LogP contribution >= 0.6 is 0 Å². The van der Waals surface area contributed by atoms with Crippen LogP contribution in [0.15, 0.2) is 54.6 Å². The minimum atomic E-state index is -0.641. The molecule has 3 amide bonds. The molecule has 1 saturated heterocycles. The zero-order valence-corrected chi connectivity index (χ0v) is 24.8. The average Bonchev–Trinajstić information content (AvgIpc) is 3.38. The molecule has 3 N–H and O–H groups in total. The van der Waals surface area contributed by atoms with Gasteiger partial charge < -0.3 is 25.8 Å². The lowest BCUT2D eigenvalue weighted by Gasteiger charge is -2.37. The van der Waals surface area contributed by atoms with Gasteiger partial charge in [0, 0.05) is 32.2 Å². The van der Waals surface area contributed by atoms with Gasteiger partial charge in [-0.15, -0.1) is 0 Å². The Morgan fingerprint density at radius 2 is 1.73 bits per heavy atom. The number of hydrogen-bond acceptors (Lipinski definition) is 5. The fraction of sp³-hybridized carbons (Fsp3) is 0.531. The van der Waals surface area contributed by atoms with Crippen LogP contribution in [0.5, 0.6) is 0 Å². The normalized spacial score (nSPS) is 16.0. The molecule has 0 aliphatic carbocycles. The number of nitrogens with zero attached hydrogens (tertiary/aromatic N) is 2. The maximum absolute atomic E-state index is 13.8. The molecule has 8 nitrogen and oxygen atoms in total. The second-order valence-electron chi connectivity index (χ2n) is 11.8. The zero-order valence-electron chi connectivity index (χ0n) is 24.8. The lowest BCUT2D eigenvalue weighted by atomic mass is 9.85. The molecular weight excluding hydrogens is 502 g/mol. The molecule has 8 heteroatoms. The van der Waals surface area contributed by atoms with Gasteiger partial charge in [-0.3, -0.25) is 14.4 Å². The average molecular weight is 550 g/mol. The molecular formula is C32H47N5O3. The molecule has 0 bridgehead atoms. The molecule has 1 fully saturated rings. The number of nitrogens with one attached hydrogen (secondary N) is 3. The Morgan fingerprint density at radius 1 is 1.02 bits per heavy atom. The SMILES string of the molecule is CNCC(=O)NC(C(=O)N1CCCC1CN(CCc1ccccc1)C(=O)CNCc1ccccc1C)C(C)(C)C. The fourth-order valence-corrected chi connectivity index (χ4v) is 5.21. The summed E-state index contributed by atoms with van der Waals surface area (Å²) in [6.07, 6.45) is 2.46. The van der Waals surface area contributed by atoms with E-state index in [0.29, 0.717) is 26.2 Å². The van der Waals surface area contributed by atoms with Gasteiger partial charge in [0.05, 0.1) is 13.1 Å². The van der Waals surface area contributed by atoms with Crippen molar-refractivity contribution < 1.29 is 14.4 Å². The highest BCUT2D eigenvalue weighted by Gasteiger charge is 2.40. The molecule has 2 aromatic rings. The lowest BCUT2D eigenvalue weighted by molar-refractivity contribution is -0.141. The Labute approximate surface area is 239 Å². The molecule has 2 unspecified atom stereocenters. The maximum atomic E-state index is 13.8. The smallest absolute Gasteiger partial charge is 0.246 e. The summed E-state index contributed by atoms with van der Waals surface area (Å²) in [5.74, 6) is -0.253. The van der Waals surface area contributed by atoms with Gasteiger partial charge in [-0.2, -0.15) is 0 Å². The molecule has 1 aliphatic heterocycles. The van der Waals surface area contributed by atoms with E-state index in [1.807, 2.05) is 60.9 Å².